The maximum atomic E-state index is 12.3. The number of hydrogen-bond acceptors (Lipinski definition) is 3. The van der Waals surface area contributed by atoms with E-state index >= 15 is 0 Å². The Kier molecular flexibility index (Phi) is 7.85. The van der Waals surface area contributed by atoms with Crippen LogP contribution in [0.15, 0.2) is 18.2 Å². The molecule has 0 saturated carbocycles. The van der Waals surface area contributed by atoms with E-state index in [1.54, 1.807) is 30.0 Å². The van der Waals surface area contributed by atoms with Crippen molar-refractivity contribution in [3.8, 4) is 0 Å². The average molecular weight is 364 g/mol. The van der Waals surface area contributed by atoms with E-state index in [4.69, 9.17) is 28.9 Å². The molecule has 0 aliphatic rings. The van der Waals surface area contributed by atoms with Crippen molar-refractivity contribution < 1.29 is 9.59 Å². The zero-order valence-corrected chi connectivity index (χ0v) is 14.7. The standard InChI is InChI=1S/C14H19Cl2N3O2S/c1-8(9-3-4-10(15)11(16)7-9)18-13(20)12(5-6-22-2)19-14(17)21/h3-4,7-8,12H,5-6H2,1-2H3,(H,18,20)(H3,17,19,21). The highest BCUT2D eigenvalue weighted by Gasteiger charge is 2.21. The maximum Gasteiger partial charge on any atom is 0.312 e. The Morgan fingerprint density at radius 1 is 1.27 bits per heavy atom. The minimum Gasteiger partial charge on any atom is -0.352 e. The lowest BCUT2D eigenvalue weighted by Gasteiger charge is -2.21. The molecule has 0 radical (unpaired) electrons. The summed E-state index contributed by atoms with van der Waals surface area (Å²) in [6.07, 6.45) is 2.43. The highest BCUT2D eigenvalue weighted by molar-refractivity contribution is 7.98. The SMILES string of the molecule is CSCCC(NC(N)=O)C(=O)NC(C)c1ccc(Cl)c(Cl)c1. The minimum atomic E-state index is -0.719. The molecule has 0 spiro atoms. The van der Waals surface area contributed by atoms with Crippen molar-refractivity contribution in [2.45, 2.75) is 25.4 Å². The molecule has 2 atom stereocenters. The molecule has 2 unspecified atom stereocenters. The second-order valence-electron chi connectivity index (χ2n) is 4.75. The topological polar surface area (TPSA) is 84.2 Å². The highest BCUT2D eigenvalue weighted by atomic mass is 35.5. The van der Waals surface area contributed by atoms with Crippen LogP contribution in [-0.2, 0) is 4.79 Å². The molecule has 0 aromatic heterocycles. The van der Waals surface area contributed by atoms with Gasteiger partial charge in [0.05, 0.1) is 16.1 Å². The monoisotopic (exact) mass is 363 g/mol. The van der Waals surface area contributed by atoms with Gasteiger partial charge in [0.15, 0.2) is 0 Å². The molecule has 0 aliphatic carbocycles. The van der Waals surface area contributed by atoms with Gasteiger partial charge in [-0.3, -0.25) is 4.79 Å². The Bertz CT molecular complexity index is 543. The number of rotatable bonds is 7. The number of halogens is 2. The van der Waals surface area contributed by atoms with Crippen molar-refractivity contribution in [1.82, 2.24) is 10.6 Å². The minimum absolute atomic E-state index is 0.270. The molecule has 0 fully saturated rings. The third-order valence-corrected chi connectivity index (χ3v) is 4.43. The van der Waals surface area contributed by atoms with Gasteiger partial charge < -0.3 is 16.4 Å². The summed E-state index contributed by atoms with van der Waals surface area (Å²) in [5.41, 5.74) is 5.94. The molecule has 22 heavy (non-hydrogen) atoms. The Hall–Kier alpha value is -1.11. The van der Waals surface area contributed by atoms with E-state index in [-0.39, 0.29) is 11.9 Å². The first kappa shape index (κ1) is 18.9. The smallest absolute Gasteiger partial charge is 0.312 e. The lowest BCUT2D eigenvalue weighted by Crippen LogP contribution is -2.49. The Labute approximate surface area is 144 Å². The van der Waals surface area contributed by atoms with Gasteiger partial charge in [-0.2, -0.15) is 11.8 Å². The van der Waals surface area contributed by atoms with Crippen molar-refractivity contribution >= 4 is 46.9 Å². The summed E-state index contributed by atoms with van der Waals surface area (Å²) < 4.78 is 0. The number of nitrogens with two attached hydrogens (primary N) is 1. The first-order valence-electron chi connectivity index (χ1n) is 6.65. The van der Waals surface area contributed by atoms with Crippen LogP contribution in [0.5, 0.6) is 0 Å². The quantitative estimate of drug-likeness (QED) is 0.696. The largest absolute Gasteiger partial charge is 0.352 e. The molecule has 3 amide bonds. The second kappa shape index (κ2) is 9.12. The van der Waals surface area contributed by atoms with Gasteiger partial charge >= 0.3 is 6.03 Å². The zero-order chi connectivity index (χ0) is 16.7. The van der Waals surface area contributed by atoms with Gasteiger partial charge in [-0.25, -0.2) is 4.79 Å². The average Bonchev–Trinajstić information content (AvgIpc) is 2.45. The van der Waals surface area contributed by atoms with Crippen LogP contribution in [0.1, 0.15) is 24.9 Å². The molecule has 1 rings (SSSR count). The van der Waals surface area contributed by atoms with Gasteiger partial charge in [-0.15, -0.1) is 0 Å². The van der Waals surface area contributed by atoms with Crippen LogP contribution in [0.4, 0.5) is 4.79 Å². The van der Waals surface area contributed by atoms with Gasteiger partial charge in [-0.05, 0) is 43.0 Å². The molecule has 4 N–H and O–H groups in total. The van der Waals surface area contributed by atoms with Crippen LogP contribution >= 0.6 is 35.0 Å². The summed E-state index contributed by atoms with van der Waals surface area (Å²) in [4.78, 5) is 23.3. The van der Waals surface area contributed by atoms with E-state index < -0.39 is 12.1 Å². The third-order valence-electron chi connectivity index (χ3n) is 3.05. The number of thioether (sulfide) groups is 1. The number of carbonyl (C=O) groups is 2. The molecule has 1 aromatic rings. The predicted molar refractivity (Wildman–Crippen MR) is 92.5 cm³/mol. The summed E-state index contributed by atoms with van der Waals surface area (Å²) in [5.74, 6) is 0.450. The summed E-state index contributed by atoms with van der Waals surface area (Å²) in [6, 6.07) is 3.52. The number of amides is 3. The molecule has 122 valence electrons. The second-order valence-corrected chi connectivity index (χ2v) is 6.55. The van der Waals surface area contributed by atoms with Gasteiger partial charge in [0.25, 0.3) is 0 Å². The number of primary amides is 1. The number of carbonyl (C=O) groups excluding carboxylic acids is 2. The van der Waals surface area contributed by atoms with Crippen molar-refractivity contribution in [2.75, 3.05) is 12.0 Å². The Morgan fingerprint density at radius 2 is 1.95 bits per heavy atom. The maximum absolute atomic E-state index is 12.3. The van der Waals surface area contributed by atoms with Gasteiger partial charge in [0, 0.05) is 0 Å². The first-order chi connectivity index (χ1) is 10.3. The fraction of sp³-hybridized carbons (Fsp3) is 0.429. The van der Waals surface area contributed by atoms with Crippen molar-refractivity contribution in [3.05, 3.63) is 33.8 Å². The highest BCUT2D eigenvalue weighted by Crippen LogP contribution is 2.25. The lowest BCUT2D eigenvalue weighted by molar-refractivity contribution is -0.123. The lowest BCUT2D eigenvalue weighted by atomic mass is 10.1. The molecular formula is C14H19Cl2N3O2S. The number of urea groups is 1. The zero-order valence-electron chi connectivity index (χ0n) is 12.4. The molecule has 0 saturated heterocycles. The van der Waals surface area contributed by atoms with Gasteiger partial charge in [0.2, 0.25) is 5.91 Å². The number of nitrogens with one attached hydrogen (secondary N) is 2. The summed E-state index contributed by atoms with van der Waals surface area (Å²) >= 11 is 13.4. The fourth-order valence-electron chi connectivity index (χ4n) is 1.86. The van der Waals surface area contributed by atoms with Crippen molar-refractivity contribution in [3.63, 3.8) is 0 Å². The summed E-state index contributed by atoms with van der Waals surface area (Å²) in [7, 11) is 0. The molecule has 0 aliphatic heterocycles. The van der Waals surface area contributed by atoms with Gasteiger partial charge in [0.1, 0.15) is 6.04 Å². The fourth-order valence-corrected chi connectivity index (χ4v) is 2.63. The van der Waals surface area contributed by atoms with Crippen LogP contribution < -0.4 is 16.4 Å². The van der Waals surface area contributed by atoms with Gasteiger partial charge in [-0.1, -0.05) is 29.3 Å². The van der Waals surface area contributed by atoms with Crippen molar-refractivity contribution in [1.29, 1.82) is 0 Å². The van der Waals surface area contributed by atoms with Crippen LogP contribution in [0.25, 0.3) is 0 Å². The van der Waals surface area contributed by atoms with Crippen LogP contribution in [0.3, 0.4) is 0 Å². The molecule has 5 nitrogen and oxygen atoms in total. The third kappa shape index (κ3) is 5.94. The first-order valence-corrected chi connectivity index (χ1v) is 8.80. The predicted octanol–water partition coefficient (Wildman–Crippen LogP) is 2.96. The molecule has 0 bridgehead atoms. The van der Waals surface area contributed by atoms with E-state index in [1.165, 1.54) is 0 Å². The number of hydrogen-bond donors (Lipinski definition) is 3. The van der Waals surface area contributed by atoms with Crippen LogP contribution in [0.2, 0.25) is 10.0 Å². The van der Waals surface area contributed by atoms with E-state index in [0.717, 1.165) is 11.3 Å². The molecular weight excluding hydrogens is 345 g/mol. The van der Waals surface area contributed by atoms with E-state index in [1.807, 2.05) is 13.2 Å². The molecule has 0 heterocycles. The van der Waals surface area contributed by atoms with E-state index in [9.17, 15) is 9.59 Å². The van der Waals surface area contributed by atoms with Crippen LogP contribution in [-0.4, -0.2) is 30.0 Å². The molecule has 8 heteroatoms. The Morgan fingerprint density at radius 3 is 2.50 bits per heavy atom. The summed E-state index contributed by atoms with van der Waals surface area (Å²) in [5, 5.41) is 6.18. The summed E-state index contributed by atoms with van der Waals surface area (Å²) in [6.45, 7) is 1.83. The molecule has 1 aromatic carbocycles. The van der Waals surface area contributed by atoms with E-state index in [0.29, 0.717) is 16.5 Å². The Balaban J connectivity index is 2.73. The van der Waals surface area contributed by atoms with E-state index in [2.05, 4.69) is 10.6 Å². The normalized spacial score (nSPS) is 13.3. The van der Waals surface area contributed by atoms with Crippen LogP contribution in [0, 0.1) is 0 Å². The van der Waals surface area contributed by atoms with Crippen molar-refractivity contribution in [2.24, 2.45) is 5.73 Å². The number of benzene rings is 1.